The number of hydrogen-bond donors (Lipinski definition) is 0. The highest BCUT2D eigenvalue weighted by Crippen LogP contribution is 2.19. The largest absolute Gasteiger partial charge is 0.327 e. The third kappa shape index (κ3) is 3.57. The molecule has 1 aromatic rings. The third-order valence-corrected chi connectivity index (χ3v) is 2.91. The van der Waals surface area contributed by atoms with Gasteiger partial charge in [-0.3, -0.25) is 4.79 Å². The van der Waals surface area contributed by atoms with Crippen LogP contribution in [0, 0.1) is 18.2 Å². The number of carbonyl (C=O) groups is 1. The van der Waals surface area contributed by atoms with Crippen molar-refractivity contribution in [3.05, 3.63) is 34.1 Å². The van der Waals surface area contributed by atoms with Gasteiger partial charge in [0.25, 0.3) is 5.91 Å². The molecule has 0 atom stereocenters. The van der Waals surface area contributed by atoms with Crippen LogP contribution in [0.15, 0.2) is 22.7 Å². The van der Waals surface area contributed by atoms with Gasteiger partial charge >= 0.3 is 0 Å². The van der Waals surface area contributed by atoms with E-state index < -0.39 is 5.82 Å². The van der Waals surface area contributed by atoms with Gasteiger partial charge in [0, 0.05) is 11.0 Å². The Labute approximate surface area is 109 Å². The lowest BCUT2D eigenvalue weighted by atomic mass is 10.2. The molecule has 0 aliphatic rings. The van der Waals surface area contributed by atoms with E-state index in [9.17, 15) is 9.18 Å². The Balaban J connectivity index is 3.00. The molecular weight excluding hydrogens is 285 g/mol. The first-order valence-corrected chi connectivity index (χ1v) is 6.07. The molecule has 17 heavy (non-hydrogen) atoms. The van der Waals surface area contributed by atoms with Crippen LogP contribution in [-0.4, -0.2) is 23.9 Å². The number of carbonyl (C=O) groups excluding carboxylic acids is 1. The van der Waals surface area contributed by atoms with Crippen molar-refractivity contribution >= 4 is 21.8 Å². The van der Waals surface area contributed by atoms with Gasteiger partial charge in [-0.2, -0.15) is 0 Å². The smallest absolute Gasteiger partial charge is 0.255 e. The van der Waals surface area contributed by atoms with E-state index in [1.54, 1.807) is 0 Å². The molecule has 1 aromatic carbocycles. The number of benzene rings is 1. The number of rotatable bonds is 4. The molecule has 0 unspecified atom stereocenters. The van der Waals surface area contributed by atoms with Gasteiger partial charge in [0.2, 0.25) is 0 Å². The summed E-state index contributed by atoms with van der Waals surface area (Å²) in [7, 11) is 0. The zero-order valence-electron chi connectivity index (χ0n) is 9.54. The summed E-state index contributed by atoms with van der Waals surface area (Å²) in [4.78, 5) is 13.7. The predicted octanol–water partition coefficient (Wildman–Crippen LogP) is 3.07. The molecule has 0 aliphatic heterocycles. The second-order valence-corrected chi connectivity index (χ2v) is 4.41. The van der Waals surface area contributed by atoms with Crippen LogP contribution in [0.3, 0.4) is 0 Å². The molecule has 0 aliphatic carbocycles. The van der Waals surface area contributed by atoms with Crippen molar-refractivity contribution in [1.29, 1.82) is 0 Å². The topological polar surface area (TPSA) is 20.3 Å². The summed E-state index contributed by atoms with van der Waals surface area (Å²) in [5.74, 6) is 1.74. The minimum Gasteiger partial charge on any atom is -0.327 e. The average molecular weight is 298 g/mol. The van der Waals surface area contributed by atoms with Gasteiger partial charge in [-0.1, -0.05) is 12.8 Å². The van der Waals surface area contributed by atoms with Crippen LogP contribution >= 0.6 is 15.9 Å². The zero-order chi connectivity index (χ0) is 12.8. The van der Waals surface area contributed by atoms with Crippen LogP contribution in [0.2, 0.25) is 0 Å². The maximum absolute atomic E-state index is 13.1. The Morgan fingerprint density at radius 1 is 1.59 bits per heavy atom. The number of nitrogens with zero attached hydrogens (tertiary/aromatic N) is 1. The molecule has 0 saturated heterocycles. The minimum atomic E-state index is -0.436. The normalized spacial score (nSPS) is 9.76. The maximum atomic E-state index is 13.1. The molecule has 4 heteroatoms. The summed E-state index contributed by atoms with van der Waals surface area (Å²) in [6.07, 6.45) is 6.02. The van der Waals surface area contributed by atoms with E-state index in [0.717, 1.165) is 6.42 Å². The van der Waals surface area contributed by atoms with Crippen molar-refractivity contribution in [2.24, 2.45) is 0 Å². The first-order chi connectivity index (χ1) is 8.10. The Bertz CT molecular complexity index is 453. The van der Waals surface area contributed by atoms with Crippen LogP contribution in [0.1, 0.15) is 23.7 Å². The zero-order valence-corrected chi connectivity index (χ0v) is 11.1. The average Bonchev–Trinajstić information content (AvgIpc) is 2.31. The second-order valence-electron chi connectivity index (χ2n) is 3.56. The van der Waals surface area contributed by atoms with E-state index in [1.165, 1.54) is 23.1 Å². The summed E-state index contributed by atoms with van der Waals surface area (Å²) < 4.78 is 13.7. The van der Waals surface area contributed by atoms with E-state index in [4.69, 9.17) is 6.42 Å². The summed E-state index contributed by atoms with van der Waals surface area (Å²) in [6.45, 7) is 2.75. The fraction of sp³-hybridized carbons (Fsp3) is 0.308. The Kier molecular flexibility index (Phi) is 5.17. The first kappa shape index (κ1) is 13.7. The van der Waals surface area contributed by atoms with Gasteiger partial charge in [0.1, 0.15) is 5.82 Å². The highest BCUT2D eigenvalue weighted by molar-refractivity contribution is 9.10. The SMILES string of the molecule is C#CCN(CCC)C(=O)c1cc(F)ccc1Br. The Morgan fingerprint density at radius 3 is 2.88 bits per heavy atom. The number of hydrogen-bond acceptors (Lipinski definition) is 1. The standard InChI is InChI=1S/C13H13BrFNO/c1-3-7-16(8-4-2)13(17)11-9-10(15)5-6-12(11)14/h1,5-6,9H,4,7-8H2,2H3. The van der Waals surface area contributed by atoms with Crippen molar-refractivity contribution in [1.82, 2.24) is 4.90 Å². The molecule has 0 spiro atoms. The summed E-state index contributed by atoms with van der Waals surface area (Å²) in [5, 5.41) is 0. The monoisotopic (exact) mass is 297 g/mol. The summed E-state index contributed by atoms with van der Waals surface area (Å²) in [6, 6.07) is 4.03. The van der Waals surface area contributed by atoms with Crippen molar-refractivity contribution in [2.45, 2.75) is 13.3 Å². The molecular formula is C13H13BrFNO. The molecule has 1 amide bonds. The molecule has 90 valence electrons. The van der Waals surface area contributed by atoms with Gasteiger partial charge in [-0.05, 0) is 40.5 Å². The van der Waals surface area contributed by atoms with Crippen molar-refractivity contribution in [3.63, 3.8) is 0 Å². The van der Waals surface area contributed by atoms with E-state index >= 15 is 0 Å². The van der Waals surface area contributed by atoms with Crippen LogP contribution < -0.4 is 0 Å². The molecule has 1 rings (SSSR count). The lowest BCUT2D eigenvalue weighted by Crippen LogP contribution is -2.32. The number of amides is 1. The molecule has 0 heterocycles. The predicted molar refractivity (Wildman–Crippen MR) is 69.1 cm³/mol. The minimum absolute atomic E-state index is 0.232. The highest BCUT2D eigenvalue weighted by atomic mass is 79.9. The third-order valence-electron chi connectivity index (χ3n) is 2.22. The molecule has 0 saturated carbocycles. The quantitative estimate of drug-likeness (QED) is 0.782. The highest BCUT2D eigenvalue weighted by Gasteiger charge is 2.17. The van der Waals surface area contributed by atoms with E-state index in [2.05, 4.69) is 21.9 Å². The summed E-state index contributed by atoms with van der Waals surface area (Å²) >= 11 is 3.24. The number of terminal acetylenes is 1. The molecule has 0 bridgehead atoms. The van der Waals surface area contributed by atoms with Crippen LogP contribution in [-0.2, 0) is 0 Å². The van der Waals surface area contributed by atoms with Crippen molar-refractivity contribution < 1.29 is 9.18 Å². The van der Waals surface area contributed by atoms with E-state index in [-0.39, 0.29) is 12.5 Å². The van der Waals surface area contributed by atoms with Gasteiger partial charge in [0.15, 0.2) is 0 Å². The maximum Gasteiger partial charge on any atom is 0.255 e. The van der Waals surface area contributed by atoms with Gasteiger partial charge < -0.3 is 4.90 Å². The molecule has 0 fully saturated rings. The van der Waals surface area contributed by atoms with Crippen molar-refractivity contribution in [3.8, 4) is 12.3 Å². The molecule has 0 aromatic heterocycles. The second kappa shape index (κ2) is 6.41. The van der Waals surface area contributed by atoms with Crippen LogP contribution in [0.4, 0.5) is 4.39 Å². The Hall–Kier alpha value is -1.34. The lowest BCUT2D eigenvalue weighted by molar-refractivity contribution is 0.0775. The fourth-order valence-corrected chi connectivity index (χ4v) is 1.88. The fourth-order valence-electron chi connectivity index (χ4n) is 1.46. The van der Waals surface area contributed by atoms with Crippen LogP contribution in [0.5, 0.6) is 0 Å². The Morgan fingerprint density at radius 2 is 2.29 bits per heavy atom. The molecule has 2 nitrogen and oxygen atoms in total. The van der Waals surface area contributed by atoms with Crippen molar-refractivity contribution in [2.75, 3.05) is 13.1 Å². The summed E-state index contributed by atoms with van der Waals surface area (Å²) in [5.41, 5.74) is 0.300. The van der Waals surface area contributed by atoms with Gasteiger partial charge in [0.05, 0.1) is 12.1 Å². The number of halogens is 2. The van der Waals surface area contributed by atoms with E-state index in [1.807, 2.05) is 6.92 Å². The van der Waals surface area contributed by atoms with Crippen LogP contribution in [0.25, 0.3) is 0 Å². The lowest BCUT2D eigenvalue weighted by Gasteiger charge is -2.20. The van der Waals surface area contributed by atoms with Gasteiger partial charge in [-0.25, -0.2) is 4.39 Å². The van der Waals surface area contributed by atoms with Gasteiger partial charge in [-0.15, -0.1) is 6.42 Å². The van der Waals surface area contributed by atoms with E-state index in [0.29, 0.717) is 16.6 Å². The molecule has 0 N–H and O–H groups in total. The first-order valence-electron chi connectivity index (χ1n) is 5.28. The molecule has 0 radical (unpaired) electrons.